The second-order valence-electron chi connectivity index (χ2n) is 8.34. The molecule has 2 amide bonds. The molecule has 4 heterocycles. The highest BCUT2D eigenvalue weighted by molar-refractivity contribution is 6.00. The molecule has 0 spiro atoms. The number of benzene rings is 1. The number of hydrogen-bond donors (Lipinski definition) is 0. The van der Waals surface area contributed by atoms with E-state index in [1.165, 1.54) is 6.42 Å². The first-order valence-corrected chi connectivity index (χ1v) is 10.6. The molecule has 0 N–H and O–H groups in total. The Bertz CT molecular complexity index is 1110. The van der Waals surface area contributed by atoms with Crippen LogP contribution in [0, 0.1) is 5.92 Å². The molecule has 1 aromatic carbocycles. The number of carbonyl (C=O) groups is 2. The first-order valence-electron chi connectivity index (χ1n) is 10.6. The Morgan fingerprint density at radius 2 is 2.07 bits per heavy atom. The molecule has 1 atom stereocenters. The topological polar surface area (TPSA) is 71.3 Å². The maximum Gasteiger partial charge on any atom is 0.290 e. The molecule has 0 bridgehead atoms. The molecule has 154 valence electrons. The van der Waals surface area contributed by atoms with Crippen LogP contribution in [0.4, 0.5) is 0 Å². The number of fused-ring (bicyclic) bond motifs is 3. The van der Waals surface area contributed by atoms with Crippen molar-refractivity contribution in [3.63, 3.8) is 0 Å². The Kier molecular flexibility index (Phi) is 4.73. The Hall–Kier alpha value is -3.22. The summed E-state index contributed by atoms with van der Waals surface area (Å²) in [6.07, 6.45) is 3.96. The van der Waals surface area contributed by atoms with Crippen molar-refractivity contribution in [3.8, 4) is 0 Å². The van der Waals surface area contributed by atoms with E-state index in [9.17, 15) is 9.59 Å². The normalized spacial score (nSPS) is 19.2. The predicted octanol–water partition coefficient (Wildman–Crippen LogP) is 2.96. The molecule has 0 unspecified atom stereocenters. The van der Waals surface area contributed by atoms with E-state index in [2.05, 4.69) is 16.9 Å². The van der Waals surface area contributed by atoms with Crippen LogP contribution in [0.5, 0.6) is 0 Å². The highest BCUT2D eigenvalue weighted by Gasteiger charge is 2.29. The van der Waals surface area contributed by atoms with Crippen LogP contribution in [0.25, 0.3) is 11.0 Å². The Balaban J connectivity index is 1.41. The number of rotatable bonds is 3. The van der Waals surface area contributed by atoms with Crippen LogP contribution in [-0.4, -0.2) is 55.8 Å². The molecule has 7 nitrogen and oxygen atoms in total. The quantitative estimate of drug-likeness (QED) is 0.674. The summed E-state index contributed by atoms with van der Waals surface area (Å²) in [5, 5.41) is 0. The lowest BCUT2D eigenvalue weighted by Crippen LogP contribution is -2.40. The van der Waals surface area contributed by atoms with Crippen LogP contribution in [0.1, 0.15) is 46.4 Å². The van der Waals surface area contributed by atoms with Gasteiger partial charge in [-0.05, 0) is 49.1 Å². The molecule has 2 aliphatic rings. The Labute approximate surface area is 175 Å². The van der Waals surface area contributed by atoms with Gasteiger partial charge in [0.15, 0.2) is 5.82 Å². The third-order valence-electron chi connectivity index (χ3n) is 6.09. The van der Waals surface area contributed by atoms with E-state index in [0.717, 1.165) is 30.7 Å². The third-order valence-corrected chi connectivity index (χ3v) is 6.09. The summed E-state index contributed by atoms with van der Waals surface area (Å²) < 4.78 is 1.96. The minimum absolute atomic E-state index is 0.0533. The van der Waals surface area contributed by atoms with Crippen molar-refractivity contribution in [1.29, 1.82) is 0 Å². The van der Waals surface area contributed by atoms with Crippen molar-refractivity contribution in [1.82, 2.24) is 24.3 Å². The largest absolute Gasteiger partial charge is 0.338 e. The van der Waals surface area contributed by atoms with Gasteiger partial charge in [0.05, 0.1) is 23.3 Å². The molecule has 5 rings (SSSR count). The lowest BCUT2D eigenvalue weighted by atomic mass is 9.99. The maximum absolute atomic E-state index is 13.0. The van der Waals surface area contributed by atoms with Crippen molar-refractivity contribution < 1.29 is 9.59 Å². The van der Waals surface area contributed by atoms with Crippen LogP contribution in [0.3, 0.4) is 0 Å². The second kappa shape index (κ2) is 7.55. The third kappa shape index (κ3) is 3.34. The summed E-state index contributed by atoms with van der Waals surface area (Å²) in [5.74, 6) is 0.927. The highest BCUT2D eigenvalue weighted by Crippen LogP contribution is 2.24. The number of likely N-dealkylation sites (tertiary alicyclic amines) is 1. The number of aromatic nitrogens is 3. The van der Waals surface area contributed by atoms with Gasteiger partial charge in [-0.1, -0.05) is 13.0 Å². The number of piperidine rings is 1. The van der Waals surface area contributed by atoms with Crippen molar-refractivity contribution in [2.24, 2.45) is 5.92 Å². The number of hydrogen-bond acceptors (Lipinski definition) is 4. The van der Waals surface area contributed by atoms with E-state index >= 15 is 0 Å². The lowest BCUT2D eigenvalue weighted by Gasteiger charge is -2.31. The number of carbonyl (C=O) groups excluding carboxylic acids is 2. The van der Waals surface area contributed by atoms with Gasteiger partial charge >= 0.3 is 0 Å². The molecule has 7 heteroatoms. The first-order chi connectivity index (χ1) is 14.6. The summed E-state index contributed by atoms with van der Waals surface area (Å²) in [5.41, 5.74) is 3.11. The van der Waals surface area contributed by atoms with E-state index in [1.54, 1.807) is 11.1 Å². The summed E-state index contributed by atoms with van der Waals surface area (Å²) in [6, 6.07) is 11.3. The van der Waals surface area contributed by atoms with Gasteiger partial charge in [0.2, 0.25) is 0 Å². The smallest absolute Gasteiger partial charge is 0.290 e. The van der Waals surface area contributed by atoms with Crippen LogP contribution in [-0.2, 0) is 13.1 Å². The van der Waals surface area contributed by atoms with Crippen molar-refractivity contribution in [2.45, 2.75) is 32.9 Å². The number of imidazole rings is 1. The molecule has 3 aromatic rings. The maximum atomic E-state index is 13.0. The van der Waals surface area contributed by atoms with Crippen molar-refractivity contribution in [3.05, 3.63) is 59.7 Å². The van der Waals surface area contributed by atoms with Gasteiger partial charge in [0, 0.05) is 37.9 Å². The summed E-state index contributed by atoms with van der Waals surface area (Å²) in [6.45, 7) is 5.56. The summed E-state index contributed by atoms with van der Waals surface area (Å²) >= 11 is 0. The first kappa shape index (κ1) is 18.8. The van der Waals surface area contributed by atoms with E-state index in [-0.39, 0.29) is 11.8 Å². The van der Waals surface area contributed by atoms with Crippen LogP contribution in [0.15, 0.2) is 42.6 Å². The molecule has 1 fully saturated rings. The number of amides is 2. The molecule has 1 saturated heterocycles. The van der Waals surface area contributed by atoms with Crippen LogP contribution < -0.4 is 0 Å². The second-order valence-corrected chi connectivity index (χ2v) is 8.34. The fourth-order valence-electron chi connectivity index (χ4n) is 4.51. The zero-order valence-electron chi connectivity index (χ0n) is 17.1. The number of nitrogens with zero attached hydrogens (tertiary/aromatic N) is 5. The molecule has 0 radical (unpaired) electrons. The average molecular weight is 403 g/mol. The molecule has 30 heavy (non-hydrogen) atoms. The van der Waals surface area contributed by atoms with Gasteiger partial charge in [-0.25, -0.2) is 4.98 Å². The molecule has 0 aliphatic carbocycles. The van der Waals surface area contributed by atoms with Gasteiger partial charge in [-0.3, -0.25) is 14.6 Å². The van der Waals surface area contributed by atoms with E-state index < -0.39 is 0 Å². The zero-order chi connectivity index (χ0) is 20.7. The molecule has 2 aromatic heterocycles. The molecular weight excluding hydrogens is 378 g/mol. The summed E-state index contributed by atoms with van der Waals surface area (Å²) in [4.78, 5) is 38.6. The molecular formula is C23H25N5O2. The predicted molar refractivity (Wildman–Crippen MR) is 113 cm³/mol. The van der Waals surface area contributed by atoms with Gasteiger partial charge < -0.3 is 14.4 Å². The minimum Gasteiger partial charge on any atom is -0.338 e. The molecule has 0 saturated carbocycles. The van der Waals surface area contributed by atoms with E-state index in [1.807, 2.05) is 45.9 Å². The fraction of sp³-hybridized carbons (Fsp3) is 0.391. The van der Waals surface area contributed by atoms with Gasteiger partial charge in [0.1, 0.15) is 0 Å². The van der Waals surface area contributed by atoms with E-state index in [0.29, 0.717) is 42.5 Å². The van der Waals surface area contributed by atoms with E-state index in [4.69, 9.17) is 0 Å². The fourth-order valence-corrected chi connectivity index (χ4v) is 4.51. The minimum atomic E-state index is -0.0964. The Morgan fingerprint density at radius 3 is 2.87 bits per heavy atom. The molecule has 2 aliphatic heterocycles. The summed E-state index contributed by atoms with van der Waals surface area (Å²) in [7, 11) is 0. The highest BCUT2D eigenvalue weighted by atomic mass is 16.2. The monoisotopic (exact) mass is 403 g/mol. The van der Waals surface area contributed by atoms with Crippen LogP contribution in [0.2, 0.25) is 0 Å². The average Bonchev–Trinajstić information content (AvgIpc) is 3.14. The number of pyridine rings is 1. The lowest BCUT2D eigenvalue weighted by molar-refractivity contribution is 0.0676. The van der Waals surface area contributed by atoms with Crippen LogP contribution >= 0.6 is 0 Å². The van der Waals surface area contributed by atoms with Crippen molar-refractivity contribution >= 4 is 22.8 Å². The zero-order valence-corrected chi connectivity index (χ0v) is 17.1. The Morgan fingerprint density at radius 1 is 1.17 bits per heavy atom. The standard InChI is InChI=1S/C23H25N5O2/c1-16-5-4-10-26(14-16)22(29)17-7-8-20-19(13-17)25-21-23(30)27(11-12-28(20)21)15-18-6-2-3-9-24-18/h2-3,6-9,13,16H,4-5,10-12,14-15H2,1H3/t16-/m1/s1. The van der Waals surface area contributed by atoms with Gasteiger partial charge in [0.25, 0.3) is 11.8 Å². The van der Waals surface area contributed by atoms with Gasteiger partial charge in [-0.15, -0.1) is 0 Å². The van der Waals surface area contributed by atoms with Crippen molar-refractivity contribution in [2.75, 3.05) is 19.6 Å². The van der Waals surface area contributed by atoms with Gasteiger partial charge in [-0.2, -0.15) is 0 Å². The SMILES string of the molecule is C[C@@H]1CCCN(C(=O)c2ccc3c(c2)nc2n3CCN(Cc3ccccn3)C2=O)C1.